The van der Waals surface area contributed by atoms with E-state index in [1.165, 1.54) is 0 Å². The van der Waals surface area contributed by atoms with Crippen molar-refractivity contribution in [3.05, 3.63) is 35.9 Å². The van der Waals surface area contributed by atoms with E-state index in [1.807, 2.05) is 43.9 Å². The van der Waals surface area contributed by atoms with Crippen molar-refractivity contribution in [1.29, 1.82) is 0 Å². The van der Waals surface area contributed by atoms with Crippen molar-refractivity contribution in [2.45, 2.75) is 27.2 Å². The SMILES string of the molecule is CCN(CC)C(=O)CCNc1nc2ccccc2cc1C. The number of hydrogen-bond acceptors (Lipinski definition) is 3. The maximum Gasteiger partial charge on any atom is 0.224 e. The molecular weight excluding hydrogens is 262 g/mol. The molecule has 0 unspecified atom stereocenters. The zero-order chi connectivity index (χ0) is 15.2. The summed E-state index contributed by atoms with van der Waals surface area (Å²) in [5.41, 5.74) is 2.07. The number of aryl methyl sites for hydroxylation is 1. The molecule has 0 aliphatic rings. The van der Waals surface area contributed by atoms with Crippen LogP contribution in [0.2, 0.25) is 0 Å². The summed E-state index contributed by atoms with van der Waals surface area (Å²) in [5, 5.41) is 4.42. The van der Waals surface area contributed by atoms with Crippen molar-refractivity contribution in [1.82, 2.24) is 9.88 Å². The van der Waals surface area contributed by atoms with Crippen LogP contribution in [0.25, 0.3) is 10.9 Å². The Hall–Kier alpha value is -2.10. The van der Waals surface area contributed by atoms with Gasteiger partial charge in [-0.25, -0.2) is 4.98 Å². The van der Waals surface area contributed by atoms with Crippen LogP contribution in [0.15, 0.2) is 30.3 Å². The van der Waals surface area contributed by atoms with Gasteiger partial charge in [-0.2, -0.15) is 0 Å². The molecule has 1 N–H and O–H groups in total. The Kier molecular flexibility index (Phi) is 5.14. The van der Waals surface area contributed by atoms with E-state index in [0.29, 0.717) is 13.0 Å². The van der Waals surface area contributed by atoms with Gasteiger partial charge in [0, 0.05) is 31.4 Å². The second-order valence-corrected chi connectivity index (χ2v) is 5.09. The first-order valence-corrected chi connectivity index (χ1v) is 7.53. The highest BCUT2D eigenvalue weighted by Gasteiger charge is 2.09. The number of hydrogen-bond donors (Lipinski definition) is 1. The number of para-hydroxylation sites is 1. The molecule has 2 rings (SSSR count). The van der Waals surface area contributed by atoms with E-state index in [-0.39, 0.29) is 5.91 Å². The standard InChI is InChI=1S/C17H23N3O/c1-4-20(5-2)16(21)10-11-18-17-13(3)12-14-8-6-7-9-15(14)19-17/h6-9,12H,4-5,10-11H2,1-3H3,(H,18,19). The fourth-order valence-corrected chi connectivity index (χ4v) is 2.42. The van der Waals surface area contributed by atoms with Crippen molar-refractivity contribution in [2.75, 3.05) is 25.0 Å². The van der Waals surface area contributed by atoms with E-state index < -0.39 is 0 Å². The largest absolute Gasteiger partial charge is 0.369 e. The molecule has 1 aromatic carbocycles. The highest BCUT2D eigenvalue weighted by Crippen LogP contribution is 2.19. The molecule has 1 aromatic heterocycles. The summed E-state index contributed by atoms with van der Waals surface area (Å²) >= 11 is 0. The number of aromatic nitrogens is 1. The van der Waals surface area contributed by atoms with E-state index in [9.17, 15) is 4.79 Å². The van der Waals surface area contributed by atoms with Gasteiger partial charge in [0.05, 0.1) is 5.52 Å². The minimum Gasteiger partial charge on any atom is -0.369 e. The van der Waals surface area contributed by atoms with Crippen LogP contribution in [0.4, 0.5) is 5.82 Å². The number of pyridine rings is 1. The molecule has 1 amide bonds. The predicted octanol–water partition coefficient (Wildman–Crippen LogP) is 3.21. The van der Waals surface area contributed by atoms with Crippen LogP contribution >= 0.6 is 0 Å². The molecule has 0 bridgehead atoms. The first kappa shape index (κ1) is 15.3. The minimum absolute atomic E-state index is 0.186. The van der Waals surface area contributed by atoms with Crippen molar-refractivity contribution >= 4 is 22.6 Å². The molecule has 0 aliphatic heterocycles. The highest BCUT2D eigenvalue weighted by molar-refractivity contribution is 5.81. The van der Waals surface area contributed by atoms with Crippen molar-refractivity contribution < 1.29 is 4.79 Å². The predicted molar refractivity (Wildman–Crippen MR) is 87.5 cm³/mol. The topological polar surface area (TPSA) is 45.2 Å². The van der Waals surface area contributed by atoms with Crippen molar-refractivity contribution in [3.63, 3.8) is 0 Å². The normalized spacial score (nSPS) is 10.6. The number of carbonyl (C=O) groups is 1. The fraction of sp³-hybridized carbons (Fsp3) is 0.412. The number of nitrogens with zero attached hydrogens (tertiary/aromatic N) is 2. The average molecular weight is 285 g/mol. The molecule has 0 fully saturated rings. The number of amides is 1. The van der Waals surface area contributed by atoms with E-state index >= 15 is 0 Å². The van der Waals surface area contributed by atoms with Crippen LogP contribution in [-0.2, 0) is 4.79 Å². The quantitative estimate of drug-likeness (QED) is 0.886. The van der Waals surface area contributed by atoms with E-state index in [4.69, 9.17) is 0 Å². The lowest BCUT2D eigenvalue weighted by molar-refractivity contribution is -0.130. The Morgan fingerprint density at radius 3 is 2.67 bits per heavy atom. The first-order chi connectivity index (χ1) is 10.2. The molecular formula is C17H23N3O. The van der Waals surface area contributed by atoms with Gasteiger partial charge in [-0.05, 0) is 38.5 Å². The summed E-state index contributed by atoms with van der Waals surface area (Å²) in [5.74, 6) is 1.05. The van der Waals surface area contributed by atoms with Crippen molar-refractivity contribution in [2.24, 2.45) is 0 Å². The number of nitrogens with one attached hydrogen (secondary N) is 1. The summed E-state index contributed by atoms with van der Waals surface area (Å²) in [4.78, 5) is 18.4. The summed E-state index contributed by atoms with van der Waals surface area (Å²) in [6, 6.07) is 10.2. The molecule has 0 atom stereocenters. The van der Waals surface area contributed by atoms with Gasteiger partial charge in [0.1, 0.15) is 5.82 Å². The van der Waals surface area contributed by atoms with Gasteiger partial charge in [0.25, 0.3) is 0 Å². The molecule has 1 heterocycles. The van der Waals surface area contributed by atoms with E-state index in [0.717, 1.165) is 35.4 Å². The molecule has 0 radical (unpaired) electrons. The number of anilines is 1. The minimum atomic E-state index is 0.186. The molecule has 4 nitrogen and oxygen atoms in total. The van der Waals surface area contributed by atoms with Gasteiger partial charge >= 0.3 is 0 Å². The molecule has 2 aromatic rings. The number of rotatable bonds is 6. The molecule has 0 saturated carbocycles. The Labute approximate surface area is 126 Å². The summed E-state index contributed by atoms with van der Waals surface area (Å²) in [6.45, 7) is 8.19. The summed E-state index contributed by atoms with van der Waals surface area (Å²) in [6.07, 6.45) is 0.496. The molecule has 4 heteroatoms. The van der Waals surface area contributed by atoms with E-state index in [2.05, 4.69) is 22.4 Å². The molecule has 0 aliphatic carbocycles. The third-order valence-corrected chi connectivity index (χ3v) is 3.66. The number of fused-ring (bicyclic) bond motifs is 1. The number of carbonyl (C=O) groups excluding carboxylic acids is 1. The van der Waals surface area contributed by atoms with Gasteiger partial charge in [0.2, 0.25) is 5.91 Å². The Morgan fingerprint density at radius 2 is 1.95 bits per heavy atom. The average Bonchev–Trinajstić information content (AvgIpc) is 2.49. The second-order valence-electron chi connectivity index (χ2n) is 5.09. The Balaban J connectivity index is 2.00. The Bertz CT molecular complexity index is 620. The van der Waals surface area contributed by atoms with Gasteiger partial charge < -0.3 is 10.2 Å². The van der Waals surface area contributed by atoms with Crippen LogP contribution in [0.1, 0.15) is 25.8 Å². The smallest absolute Gasteiger partial charge is 0.224 e. The van der Waals surface area contributed by atoms with Crippen LogP contribution in [-0.4, -0.2) is 35.4 Å². The monoisotopic (exact) mass is 285 g/mol. The third-order valence-electron chi connectivity index (χ3n) is 3.66. The van der Waals surface area contributed by atoms with Gasteiger partial charge in [-0.3, -0.25) is 4.79 Å². The second kappa shape index (κ2) is 7.07. The molecule has 112 valence electrons. The van der Waals surface area contributed by atoms with Crippen LogP contribution in [0.5, 0.6) is 0 Å². The third kappa shape index (κ3) is 3.72. The van der Waals surface area contributed by atoms with Gasteiger partial charge in [-0.15, -0.1) is 0 Å². The fourth-order valence-electron chi connectivity index (χ4n) is 2.42. The van der Waals surface area contributed by atoms with Gasteiger partial charge in [0.15, 0.2) is 0 Å². The first-order valence-electron chi connectivity index (χ1n) is 7.53. The molecule has 0 spiro atoms. The summed E-state index contributed by atoms with van der Waals surface area (Å²) in [7, 11) is 0. The lowest BCUT2D eigenvalue weighted by Crippen LogP contribution is -2.31. The number of benzene rings is 1. The lowest BCUT2D eigenvalue weighted by Gasteiger charge is -2.18. The zero-order valence-corrected chi connectivity index (χ0v) is 13.0. The van der Waals surface area contributed by atoms with Crippen molar-refractivity contribution in [3.8, 4) is 0 Å². The Morgan fingerprint density at radius 1 is 1.24 bits per heavy atom. The maximum absolute atomic E-state index is 12.0. The summed E-state index contributed by atoms with van der Waals surface area (Å²) < 4.78 is 0. The zero-order valence-electron chi connectivity index (χ0n) is 13.0. The van der Waals surface area contributed by atoms with E-state index in [1.54, 1.807) is 0 Å². The molecule has 0 saturated heterocycles. The maximum atomic E-state index is 12.0. The molecule has 21 heavy (non-hydrogen) atoms. The lowest BCUT2D eigenvalue weighted by atomic mass is 10.1. The highest BCUT2D eigenvalue weighted by atomic mass is 16.2. The van der Waals surface area contributed by atoms with Gasteiger partial charge in [-0.1, -0.05) is 18.2 Å². The van der Waals surface area contributed by atoms with Crippen LogP contribution in [0, 0.1) is 6.92 Å². The van der Waals surface area contributed by atoms with Crippen LogP contribution < -0.4 is 5.32 Å². The van der Waals surface area contributed by atoms with Crippen LogP contribution in [0.3, 0.4) is 0 Å².